The van der Waals surface area contributed by atoms with Crippen LogP contribution in [0.3, 0.4) is 0 Å². The fourth-order valence-corrected chi connectivity index (χ4v) is 6.14. The molecule has 0 radical (unpaired) electrons. The SMILES string of the molecule is Cc1cc(S(=O)(=O)N2c3ccccc3NC(=O)[C@H]2CC(=O)NCCc2ccccn2)c(C)cc1Cl. The van der Waals surface area contributed by atoms with E-state index in [4.69, 9.17) is 11.6 Å². The molecular formula is C25H25ClN4O4S. The minimum absolute atomic E-state index is 0.0319. The quantitative estimate of drug-likeness (QED) is 0.502. The number of hydrogen-bond acceptors (Lipinski definition) is 5. The summed E-state index contributed by atoms with van der Waals surface area (Å²) in [6.45, 7) is 3.67. The molecule has 0 saturated carbocycles. The van der Waals surface area contributed by atoms with Gasteiger partial charge in [0, 0.05) is 29.9 Å². The van der Waals surface area contributed by atoms with E-state index in [1.165, 1.54) is 6.07 Å². The summed E-state index contributed by atoms with van der Waals surface area (Å²) in [4.78, 5) is 30.1. The molecule has 2 aromatic carbocycles. The van der Waals surface area contributed by atoms with Crippen molar-refractivity contribution in [2.75, 3.05) is 16.2 Å². The number of sulfonamides is 1. The molecule has 2 amide bonds. The molecule has 0 bridgehead atoms. The van der Waals surface area contributed by atoms with Crippen molar-refractivity contribution in [3.8, 4) is 0 Å². The van der Waals surface area contributed by atoms with Gasteiger partial charge in [-0.1, -0.05) is 29.8 Å². The number of carbonyl (C=O) groups excluding carboxylic acids is 2. The Balaban J connectivity index is 1.65. The minimum atomic E-state index is -4.21. The Bertz CT molecular complexity index is 1380. The minimum Gasteiger partial charge on any atom is -0.356 e. The van der Waals surface area contributed by atoms with Gasteiger partial charge in [-0.3, -0.25) is 18.9 Å². The van der Waals surface area contributed by atoms with Crippen molar-refractivity contribution in [1.29, 1.82) is 0 Å². The van der Waals surface area contributed by atoms with E-state index in [-0.39, 0.29) is 11.3 Å². The third-order valence-corrected chi connectivity index (χ3v) is 8.16. The lowest BCUT2D eigenvalue weighted by atomic mass is 10.1. The maximum Gasteiger partial charge on any atom is 0.265 e. The van der Waals surface area contributed by atoms with Crippen molar-refractivity contribution >= 4 is 44.8 Å². The van der Waals surface area contributed by atoms with Crippen molar-refractivity contribution in [1.82, 2.24) is 10.3 Å². The maximum absolute atomic E-state index is 13.9. The van der Waals surface area contributed by atoms with Crippen molar-refractivity contribution in [3.05, 3.63) is 82.6 Å². The highest BCUT2D eigenvalue weighted by molar-refractivity contribution is 7.93. The van der Waals surface area contributed by atoms with E-state index in [0.717, 1.165) is 10.00 Å². The molecule has 0 fully saturated rings. The lowest BCUT2D eigenvalue weighted by Gasteiger charge is -2.37. The van der Waals surface area contributed by atoms with Crippen LogP contribution in [0.4, 0.5) is 11.4 Å². The first-order valence-electron chi connectivity index (χ1n) is 11.1. The van der Waals surface area contributed by atoms with E-state index >= 15 is 0 Å². The number of amides is 2. The molecule has 182 valence electrons. The number of benzene rings is 2. The highest BCUT2D eigenvalue weighted by Crippen LogP contribution is 2.38. The summed E-state index contributed by atoms with van der Waals surface area (Å²) in [6.07, 6.45) is 1.84. The fraction of sp³-hybridized carbons (Fsp3) is 0.240. The largest absolute Gasteiger partial charge is 0.356 e. The van der Waals surface area contributed by atoms with Gasteiger partial charge in [-0.05, 0) is 61.4 Å². The number of carbonyl (C=O) groups is 2. The van der Waals surface area contributed by atoms with Gasteiger partial charge in [-0.2, -0.15) is 0 Å². The van der Waals surface area contributed by atoms with Crippen molar-refractivity contribution < 1.29 is 18.0 Å². The predicted octanol–water partition coefficient (Wildman–Crippen LogP) is 3.62. The second kappa shape index (κ2) is 10.1. The molecule has 2 N–H and O–H groups in total. The van der Waals surface area contributed by atoms with Crippen LogP contribution in [0.1, 0.15) is 23.2 Å². The predicted molar refractivity (Wildman–Crippen MR) is 135 cm³/mol. The molecule has 1 atom stereocenters. The van der Waals surface area contributed by atoms with Gasteiger partial charge >= 0.3 is 0 Å². The number of aromatic nitrogens is 1. The number of rotatable bonds is 7. The van der Waals surface area contributed by atoms with Gasteiger partial charge in [-0.15, -0.1) is 0 Å². The van der Waals surface area contributed by atoms with Crippen LogP contribution in [-0.2, 0) is 26.0 Å². The third-order valence-electron chi connectivity index (χ3n) is 5.79. The molecule has 0 unspecified atom stereocenters. The highest BCUT2D eigenvalue weighted by atomic mass is 35.5. The molecule has 0 aliphatic carbocycles. The summed E-state index contributed by atoms with van der Waals surface area (Å²) < 4.78 is 28.9. The van der Waals surface area contributed by atoms with E-state index in [1.54, 1.807) is 56.4 Å². The number of pyridine rings is 1. The standard InChI is InChI=1S/C25H25ClN4O4S/c1-16-14-23(17(2)13-19(16)26)35(33,34)30-21-9-4-3-8-20(21)29-25(32)22(30)15-24(31)28-12-10-18-7-5-6-11-27-18/h3-9,11,13-14,22H,10,12,15H2,1-2H3,(H,28,31)(H,29,32)/t22-/m1/s1. The molecule has 10 heteroatoms. The molecule has 35 heavy (non-hydrogen) atoms. The van der Waals surface area contributed by atoms with Crippen LogP contribution in [-0.4, -0.2) is 37.8 Å². The zero-order valence-corrected chi connectivity index (χ0v) is 20.9. The van der Waals surface area contributed by atoms with E-state index in [1.807, 2.05) is 12.1 Å². The second-order valence-corrected chi connectivity index (χ2v) is 10.5. The first-order valence-corrected chi connectivity index (χ1v) is 12.9. The van der Waals surface area contributed by atoms with Gasteiger partial charge in [0.15, 0.2) is 0 Å². The molecule has 2 heterocycles. The Labute approximate surface area is 209 Å². The van der Waals surface area contributed by atoms with Gasteiger partial charge in [0.2, 0.25) is 11.8 Å². The number of aryl methyl sites for hydroxylation is 2. The number of nitrogens with zero attached hydrogens (tertiary/aromatic N) is 2. The summed E-state index contributed by atoms with van der Waals surface area (Å²) in [5.74, 6) is -1.01. The Kier molecular flexibility index (Phi) is 7.09. The first kappa shape index (κ1) is 24.7. The summed E-state index contributed by atoms with van der Waals surface area (Å²) in [6, 6.07) is 13.9. The molecule has 3 aromatic rings. The molecule has 1 aliphatic rings. The average molecular weight is 513 g/mol. The van der Waals surface area contributed by atoms with Crippen LogP contribution >= 0.6 is 11.6 Å². The number of fused-ring (bicyclic) bond motifs is 1. The normalized spacial score (nSPS) is 15.3. The molecule has 0 saturated heterocycles. The molecule has 1 aromatic heterocycles. The molecule has 4 rings (SSSR count). The molecule has 0 spiro atoms. The van der Waals surface area contributed by atoms with E-state index in [0.29, 0.717) is 40.5 Å². The Morgan fingerprint density at radius 3 is 2.60 bits per heavy atom. The van der Waals surface area contributed by atoms with Gasteiger partial charge in [0.1, 0.15) is 6.04 Å². The Morgan fingerprint density at radius 2 is 1.86 bits per heavy atom. The lowest BCUT2D eigenvalue weighted by molar-refractivity contribution is -0.125. The molecular weight excluding hydrogens is 488 g/mol. The number of anilines is 2. The number of hydrogen-bond donors (Lipinski definition) is 2. The summed E-state index contributed by atoms with van der Waals surface area (Å²) in [7, 11) is -4.21. The van der Waals surface area contributed by atoms with Gasteiger partial charge in [0.05, 0.1) is 22.7 Å². The van der Waals surface area contributed by atoms with Crippen LogP contribution in [0.25, 0.3) is 0 Å². The second-order valence-electron chi connectivity index (χ2n) is 8.32. The lowest BCUT2D eigenvalue weighted by Crippen LogP contribution is -2.53. The van der Waals surface area contributed by atoms with Crippen LogP contribution in [0.5, 0.6) is 0 Å². The van der Waals surface area contributed by atoms with Gasteiger partial charge < -0.3 is 10.6 Å². The molecule has 8 nitrogen and oxygen atoms in total. The Morgan fingerprint density at radius 1 is 1.11 bits per heavy atom. The zero-order chi connectivity index (χ0) is 25.2. The van der Waals surface area contributed by atoms with E-state index in [9.17, 15) is 18.0 Å². The average Bonchev–Trinajstić information content (AvgIpc) is 2.82. The van der Waals surface area contributed by atoms with Gasteiger partial charge in [0.25, 0.3) is 10.0 Å². The number of para-hydroxylation sites is 2. The summed E-state index contributed by atoms with van der Waals surface area (Å²) in [5, 5.41) is 5.94. The van der Waals surface area contributed by atoms with Crippen molar-refractivity contribution in [2.45, 2.75) is 37.6 Å². The topological polar surface area (TPSA) is 108 Å². The molecule has 1 aliphatic heterocycles. The third kappa shape index (κ3) is 5.16. The highest BCUT2D eigenvalue weighted by Gasteiger charge is 2.42. The van der Waals surface area contributed by atoms with Crippen molar-refractivity contribution in [2.24, 2.45) is 0 Å². The van der Waals surface area contributed by atoms with Crippen LogP contribution in [0.2, 0.25) is 5.02 Å². The van der Waals surface area contributed by atoms with E-state index in [2.05, 4.69) is 15.6 Å². The number of nitrogens with one attached hydrogen (secondary N) is 2. The van der Waals surface area contributed by atoms with Gasteiger partial charge in [-0.25, -0.2) is 8.42 Å². The van der Waals surface area contributed by atoms with E-state index < -0.39 is 27.9 Å². The monoisotopic (exact) mass is 512 g/mol. The van der Waals surface area contributed by atoms with Crippen LogP contribution in [0, 0.1) is 13.8 Å². The summed E-state index contributed by atoms with van der Waals surface area (Å²) >= 11 is 6.19. The summed E-state index contributed by atoms with van der Waals surface area (Å²) in [5.41, 5.74) is 2.51. The fourth-order valence-electron chi connectivity index (χ4n) is 4.00. The van der Waals surface area contributed by atoms with Crippen LogP contribution in [0.15, 0.2) is 65.7 Å². The first-order chi connectivity index (χ1) is 16.7. The smallest absolute Gasteiger partial charge is 0.265 e. The number of halogens is 1. The Hall–Kier alpha value is -3.43. The van der Waals surface area contributed by atoms with Crippen molar-refractivity contribution in [3.63, 3.8) is 0 Å². The maximum atomic E-state index is 13.9. The zero-order valence-electron chi connectivity index (χ0n) is 19.3. The van der Waals surface area contributed by atoms with Crippen LogP contribution < -0.4 is 14.9 Å².